The molecule has 1 nitrogen and oxygen atoms in total. The molecule has 0 unspecified atom stereocenters. The summed E-state index contributed by atoms with van der Waals surface area (Å²) in [6.45, 7) is 2.21. The third-order valence-electron chi connectivity index (χ3n) is 1.55. The van der Waals surface area contributed by atoms with Crippen LogP contribution in [-0.2, 0) is 6.54 Å². The van der Waals surface area contributed by atoms with Gasteiger partial charge in [-0.1, -0.05) is 6.07 Å². The van der Waals surface area contributed by atoms with Gasteiger partial charge in [0.2, 0.25) is 0 Å². The number of hydrogen-bond donors (Lipinski definition) is 1. The van der Waals surface area contributed by atoms with E-state index < -0.39 is 0 Å². The fraction of sp³-hybridized carbons (Fsp3) is 0.250. The minimum Gasteiger partial charge on any atom is -0.326 e. The van der Waals surface area contributed by atoms with Gasteiger partial charge in [0.05, 0.1) is 0 Å². The maximum absolute atomic E-state index is 12.9. The van der Waals surface area contributed by atoms with Crippen molar-refractivity contribution < 1.29 is 4.39 Å². The van der Waals surface area contributed by atoms with Crippen molar-refractivity contribution in [3.05, 3.63) is 32.6 Å². The first-order valence-corrected chi connectivity index (χ1v) is 4.37. The topological polar surface area (TPSA) is 26.0 Å². The molecule has 0 aromatic heterocycles. The van der Waals surface area contributed by atoms with Crippen molar-refractivity contribution in [1.82, 2.24) is 0 Å². The maximum atomic E-state index is 12.9. The first kappa shape index (κ1) is 8.93. The molecule has 1 rings (SSSR count). The van der Waals surface area contributed by atoms with E-state index in [0.717, 1.165) is 9.13 Å². The number of halogens is 2. The highest BCUT2D eigenvalue weighted by atomic mass is 127. The van der Waals surface area contributed by atoms with Crippen molar-refractivity contribution in [2.75, 3.05) is 0 Å². The van der Waals surface area contributed by atoms with Gasteiger partial charge in [0.25, 0.3) is 0 Å². The van der Waals surface area contributed by atoms with Crippen LogP contribution in [0.3, 0.4) is 0 Å². The summed E-state index contributed by atoms with van der Waals surface area (Å²) in [5, 5.41) is 0. The Balaban J connectivity index is 3.21. The summed E-state index contributed by atoms with van der Waals surface area (Å²) < 4.78 is 13.7. The zero-order valence-corrected chi connectivity index (χ0v) is 8.35. The smallest absolute Gasteiger partial charge is 0.127 e. The quantitative estimate of drug-likeness (QED) is 0.774. The first-order valence-electron chi connectivity index (χ1n) is 3.29. The van der Waals surface area contributed by atoms with Crippen LogP contribution in [0.1, 0.15) is 11.1 Å². The Hall–Kier alpha value is -0.160. The standard InChI is InChI=1S/C8H9FIN/c1-5-2-6(4-11)8(10)3-7(5)9/h2-3H,4,11H2,1H3. The molecular weight excluding hydrogens is 256 g/mol. The summed E-state index contributed by atoms with van der Waals surface area (Å²) in [6, 6.07) is 3.30. The van der Waals surface area contributed by atoms with Gasteiger partial charge in [0.15, 0.2) is 0 Å². The van der Waals surface area contributed by atoms with Crippen LogP contribution in [0, 0.1) is 16.3 Å². The molecule has 0 aliphatic carbocycles. The highest BCUT2D eigenvalue weighted by Crippen LogP contribution is 2.16. The average Bonchev–Trinajstić information content (AvgIpc) is 1.97. The third kappa shape index (κ3) is 1.90. The molecule has 0 bridgehead atoms. The molecule has 3 heteroatoms. The van der Waals surface area contributed by atoms with E-state index in [-0.39, 0.29) is 5.82 Å². The van der Waals surface area contributed by atoms with Crippen LogP contribution in [0.4, 0.5) is 4.39 Å². The van der Waals surface area contributed by atoms with Gasteiger partial charge in [-0.15, -0.1) is 0 Å². The molecule has 0 spiro atoms. The van der Waals surface area contributed by atoms with E-state index in [0.29, 0.717) is 12.1 Å². The second kappa shape index (κ2) is 3.49. The summed E-state index contributed by atoms with van der Waals surface area (Å²) in [4.78, 5) is 0. The molecule has 0 aliphatic rings. The summed E-state index contributed by atoms with van der Waals surface area (Å²) in [5.74, 6) is -0.161. The highest BCUT2D eigenvalue weighted by molar-refractivity contribution is 14.1. The van der Waals surface area contributed by atoms with Crippen LogP contribution < -0.4 is 5.73 Å². The lowest BCUT2D eigenvalue weighted by molar-refractivity contribution is 0.616. The Morgan fingerprint density at radius 3 is 2.73 bits per heavy atom. The summed E-state index contributed by atoms with van der Waals surface area (Å²) in [5.41, 5.74) is 7.10. The third-order valence-corrected chi connectivity index (χ3v) is 2.55. The Morgan fingerprint density at radius 1 is 1.55 bits per heavy atom. The van der Waals surface area contributed by atoms with Crippen molar-refractivity contribution in [1.29, 1.82) is 0 Å². The Morgan fingerprint density at radius 2 is 2.18 bits per heavy atom. The molecule has 0 saturated carbocycles. The van der Waals surface area contributed by atoms with Gasteiger partial charge in [0, 0.05) is 10.1 Å². The lowest BCUT2D eigenvalue weighted by Gasteiger charge is -2.03. The summed E-state index contributed by atoms with van der Waals surface area (Å²) in [6.07, 6.45) is 0. The highest BCUT2D eigenvalue weighted by Gasteiger charge is 2.02. The minimum absolute atomic E-state index is 0.161. The number of rotatable bonds is 1. The monoisotopic (exact) mass is 265 g/mol. The van der Waals surface area contributed by atoms with Crippen LogP contribution in [0.5, 0.6) is 0 Å². The number of aryl methyl sites for hydroxylation is 1. The number of benzene rings is 1. The molecule has 0 saturated heterocycles. The first-order chi connectivity index (χ1) is 5.15. The van der Waals surface area contributed by atoms with E-state index >= 15 is 0 Å². The molecule has 2 N–H and O–H groups in total. The van der Waals surface area contributed by atoms with Crippen LogP contribution in [-0.4, -0.2) is 0 Å². The van der Waals surface area contributed by atoms with Crippen molar-refractivity contribution in [2.45, 2.75) is 13.5 Å². The van der Waals surface area contributed by atoms with Gasteiger partial charge in [-0.05, 0) is 46.7 Å². The van der Waals surface area contributed by atoms with Gasteiger partial charge in [0.1, 0.15) is 5.82 Å². The Labute approximate surface area is 78.9 Å². The summed E-state index contributed by atoms with van der Waals surface area (Å²) >= 11 is 2.08. The maximum Gasteiger partial charge on any atom is 0.127 e. The molecular formula is C8H9FIN. The lowest BCUT2D eigenvalue weighted by atomic mass is 10.1. The number of hydrogen-bond acceptors (Lipinski definition) is 1. The van der Waals surface area contributed by atoms with E-state index in [1.165, 1.54) is 6.07 Å². The van der Waals surface area contributed by atoms with Crippen molar-refractivity contribution in [2.24, 2.45) is 5.73 Å². The molecule has 1 aromatic rings. The molecule has 0 heterocycles. The lowest BCUT2D eigenvalue weighted by Crippen LogP contribution is -2.00. The zero-order chi connectivity index (χ0) is 8.43. The second-order valence-electron chi connectivity index (χ2n) is 2.40. The van der Waals surface area contributed by atoms with Crippen molar-refractivity contribution in [3.8, 4) is 0 Å². The Kier molecular flexibility index (Phi) is 2.84. The SMILES string of the molecule is Cc1cc(CN)c(I)cc1F. The zero-order valence-electron chi connectivity index (χ0n) is 6.20. The van der Waals surface area contributed by atoms with Gasteiger partial charge in [-0.3, -0.25) is 0 Å². The molecule has 0 fully saturated rings. The molecule has 1 aromatic carbocycles. The molecule has 0 amide bonds. The minimum atomic E-state index is -0.161. The number of nitrogens with two attached hydrogens (primary N) is 1. The van der Waals surface area contributed by atoms with Crippen LogP contribution in [0.2, 0.25) is 0 Å². The van der Waals surface area contributed by atoms with Gasteiger partial charge >= 0.3 is 0 Å². The van der Waals surface area contributed by atoms with Gasteiger partial charge < -0.3 is 5.73 Å². The summed E-state index contributed by atoms with van der Waals surface area (Å²) in [7, 11) is 0. The predicted octanol–water partition coefficient (Wildman–Crippen LogP) is 2.20. The van der Waals surface area contributed by atoms with E-state index in [4.69, 9.17) is 5.73 Å². The second-order valence-corrected chi connectivity index (χ2v) is 3.56. The van der Waals surface area contributed by atoms with Crippen molar-refractivity contribution >= 4 is 22.6 Å². The van der Waals surface area contributed by atoms with Gasteiger partial charge in [-0.25, -0.2) is 4.39 Å². The Bertz CT molecular complexity index is 273. The fourth-order valence-corrected chi connectivity index (χ4v) is 1.52. The van der Waals surface area contributed by atoms with E-state index in [2.05, 4.69) is 22.6 Å². The fourth-order valence-electron chi connectivity index (χ4n) is 0.873. The normalized spacial score (nSPS) is 10.2. The predicted molar refractivity (Wildman–Crippen MR) is 51.7 cm³/mol. The molecule has 11 heavy (non-hydrogen) atoms. The van der Waals surface area contributed by atoms with Gasteiger partial charge in [-0.2, -0.15) is 0 Å². The average molecular weight is 265 g/mol. The van der Waals surface area contributed by atoms with Crippen LogP contribution in [0.15, 0.2) is 12.1 Å². The molecule has 0 aliphatic heterocycles. The van der Waals surface area contributed by atoms with E-state index in [1.807, 2.05) is 0 Å². The van der Waals surface area contributed by atoms with Crippen molar-refractivity contribution in [3.63, 3.8) is 0 Å². The van der Waals surface area contributed by atoms with Crippen LogP contribution in [0.25, 0.3) is 0 Å². The molecule has 60 valence electrons. The molecule has 0 atom stereocenters. The molecule has 0 radical (unpaired) electrons. The van der Waals surface area contributed by atoms with Crippen LogP contribution >= 0.6 is 22.6 Å². The van der Waals surface area contributed by atoms with E-state index in [1.54, 1.807) is 13.0 Å². The van der Waals surface area contributed by atoms with E-state index in [9.17, 15) is 4.39 Å². The largest absolute Gasteiger partial charge is 0.326 e.